The Bertz CT molecular complexity index is 605. The van der Waals surface area contributed by atoms with Crippen molar-refractivity contribution in [1.82, 2.24) is 19.7 Å². The van der Waals surface area contributed by atoms with Gasteiger partial charge in [-0.3, -0.25) is 4.79 Å². The number of nitrogens with zero attached hydrogens (tertiary/aromatic N) is 4. The Balaban J connectivity index is 1.71. The van der Waals surface area contributed by atoms with E-state index in [0.29, 0.717) is 13.0 Å². The molecular weight excluding hydrogens is 240 g/mol. The quantitative estimate of drug-likeness (QED) is 0.810. The highest BCUT2D eigenvalue weighted by atomic mass is 16.2. The Hall–Kier alpha value is -2.17. The fraction of sp³-hybridized carbons (Fsp3) is 0.357. The van der Waals surface area contributed by atoms with E-state index in [9.17, 15) is 4.79 Å². The number of amides is 1. The maximum Gasteiger partial charge on any atom is 0.227 e. The summed E-state index contributed by atoms with van der Waals surface area (Å²) in [4.78, 5) is 14.2. The van der Waals surface area contributed by atoms with E-state index in [1.807, 2.05) is 40.7 Å². The van der Waals surface area contributed by atoms with Crippen LogP contribution in [0.2, 0.25) is 0 Å². The van der Waals surface area contributed by atoms with Crippen LogP contribution in [-0.2, 0) is 24.3 Å². The molecular formula is C14H16N4O. The minimum absolute atomic E-state index is 0.156. The zero-order valence-electron chi connectivity index (χ0n) is 10.9. The Morgan fingerprint density at radius 1 is 1.32 bits per heavy atom. The molecule has 98 valence electrons. The molecule has 5 heteroatoms. The van der Waals surface area contributed by atoms with Gasteiger partial charge in [-0.15, -0.1) is 10.2 Å². The average Bonchev–Trinajstić information content (AvgIpc) is 2.88. The molecule has 1 amide bonds. The molecule has 0 bridgehead atoms. The van der Waals surface area contributed by atoms with Crippen molar-refractivity contribution in [3.05, 3.63) is 47.5 Å². The summed E-state index contributed by atoms with van der Waals surface area (Å²) >= 11 is 0. The minimum Gasteiger partial charge on any atom is -0.333 e. The van der Waals surface area contributed by atoms with Gasteiger partial charge >= 0.3 is 0 Å². The summed E-state index contributed by atoms with van der Waals surface area (Å²) in [6, 6.07) is 8.02. The van der Waals surface area contributed by atoms with Crippen molar-refractivity contribution in [3.63, 3.8) is 0 Å². The Morgan fingerprint density at radius 3 is 3.00 bits per heavy atom. The molecule has 1 aromatic heterocycles. The summed E-state index contributed by atoms with van der Waals surface area (Å²) < 4.78 is 2.00. The van der Waals surface area contributed by atoms with Crippen molar-refractivity contribution in [3.8, 4) is 0 Å². The molecule has 0 fully saturated rings. The standard InChI is InChI=1S/C14H16N4O/c1-11-4-2-3-5-12(11)8-14(19)17-6-7-18-10-15-16-13(18)9-17/h2-5,10H,6-9H2,1H3. The third-order valence-corrected chi connectivity index (χ3v) is 3.59. The summed E-state index contributed by atoms with van der Waals surface area (Å²) in [5.41, 5.74) is 2.26. The van der Waals surface area contributed by atoms with Gasteiger partial charge in [0, 0.05) is 13.1 Å². The molecule has 2 heterocycles. The van der Waals surface area contributed by atoms with Crippen molar-refractivity contribution < 1.29 is 4.79 Å². The van der Waals surface area contributed by atoms with E-state index in [4.69, 9.17) is 0 Å². The molecule has 0 N–H and O–H groups in total. The molecule has 1 aliphatic heterocycles. The summed E-state index contributed by atoms with van der Waals surface area (Å²) in [6.07, 6.45) is 2.18. The van der Waals surface area contributed by atoms with E-state index >= 15 is 0 Å². The lowest BCUT2D eigenvalue weighted by molar-refractivity contribution is -0.132. The van der Waals surface area contributed by atoms with Gasteiger partial charge in [-0.25, -0.2) is 0 Å². The van der Waals surface area contributed by atoms with Crippen LogP contribution in [0.3, 0.4) is 0 Å². The first kappa shape index (κ1) is 11.9. The van der Waals surface area contributed by atoms with Gasteiger partial charge in [0.05, 0.1) is 13.0 Å². The molecule has 1 aromatic carbocycles. The lowest BCUT2D eigenvalue weighted by atomic mass is 10.1. The van der Waals surface area contributed by atoms with Gasteiger partial charge in [0.15, 0.2) is 5.82 Å². The van der Waals surface area contributed by atoms with Gasteiger partial charge in [-0.1, -0.05) is 24.3 Å². The predicted octanol–water partition coefficient (Wildman–Crippen LogP) is 1.17. The first-order valence-electron chi connectivity index (χ1n) is 6.43. The fourth-order valence-electron chi connectivity index (χ4n) is 2.36. The predicted molar refractivity (Wildman–Crippen MR) is 70.3 cm³/mol. The third-order valence-electron chi connectivity index (χ3n) is 3.59. The molecule has 19 heavy (non-hydrogen) atoms. The zero-order valence-corrected chi connectivity index (χ0v) is 10.9. The van der Waals surface area contributed by atoms with Crippen molar-refractivity contribution in [1.29, 1.82) is 0 Å². The first-order valence-corrected chi connectivity index (χ1v) is 6.43. The van der Waals surface area contributed by atoms with E-state index in [2.05, 4.69) is 10.2 Å². The number of carbonyl (C=O) groups excluding carboxylic acids is 1. The molecule has 0 aliphatic carbocycles. The van der Waals surface area contributed by atoms with Crippen LogP contribution in [0, 0.1) is 6.92 Å². The number of aryl methyl sites for hydroxylation is 1. The number of benzene rings is 1. The molecule has 2 aromatic rings. The van der Waals surface area contributed by atoms with Gasteiger partial charge < -0.3 is 9.47 Å². The van der Waals surface area contributed by atoms with Crippen LogP contribution in [0.5, 0.6) is 0 Å². The number of hydrogen-bond donors (Lipinski definition) is 0. The van der Waals surface area contributed by atoms with E-state index in [0.717, 1.165) is 30.0 Å². The van der Waals surface area contributed by atoms with Crippen molar-refractivity contribution in [2.24, 2.45) is 0 Å². The number of hydrogen-bond acceptors (Lipinski definition) is 3. The monoisotopic (exact) mass is 256 g/mol. The molecule has 5 nitrogen and oxygen atoms in total. The van der Waals surface area contributed by atoms with Gasteiger partial charge in [0.2, 0.25) is 5.91 Å². The van der Waals surface area contributed by atoms with Gasteiger partial charge in [0.1, 0.15) is 6.33 Å². The topological polar surface area (TPSA) is 51.0 Å². The van der Waals surface area contributed by atoms with Crippen molar-refractivity contribution in [2.45, 2.75) is 26.4 Å². The molecule has 0 saturated heterocycles. The lowest BCUT2D eigenvalue weighted by Gasteiger charge is -2.27. The minimum atomic E-state index is 0.156. The number of aromatic nitrogens is 3. The van der Waals surface area contributed by atoms with Gasteiger partial charge in [-0.05, 0) is 18.1 Å². The summed E-state index contributed by atoms with van der Waals surface area (Å²) in [5, 5.41) is 7.90. The van der Waals surface area contributed by atoms with E-state index in [1.165, 1.54) is 0 Å². The SMILES string of the molecule is Cc1ccccc1CC(=O)N1CCn2cnnc2C1. The number of carbonyl (C=O) groups is 1. The second-order valence-electron chi connectivity index (χ2n) is 4.86. The fourth-order valence-corrected chi connectivity index (χ4v) is 2.36. The van der Waals surface area contributed by atoms with Gasteiger partial charge in [-0.2, -0.15) is 0 Å². The van der Waals surface area contributed by atoms with Crippen molar-refractivity contribution in [2.75, 3.05) is 6.54 Å². The van der Waals surface area contributed by atoms with Crippen LogP contribution in [0.4, 0.5) is 0 Å². The Kier molecular flexibility index (Phi) is 3.03. The van der Waals surface area contributed by atoms with E-state index in [-0.39, 0.29) is 5.91 Å². The largest absolute Gasteiger partial charge is 0.333 e. The van der Waals surface area contributed by atoms with E-state index < -0.39 is 0 Å². The second-order valence-corrected chi connectivity index (χ2v) is 4.86. The molecule has 0 atom stereocenters. The second kappa shape index (κ2) is 4.84. The normalized spacial score (nSPS) is 14.3. The summed E-state index contributed by atoms with van der Waals surface area (Å²) in [5.74, 6) is 1.02. The van der Waals surface area contributed by atoms with Crippen LogP contribution in [-0.4, -0.2) is 32.1 Å². The highest BCUT2D eigenvalue weighted by molar-refractivity contribution is 5.79. The van der Waals surface area contributed by atoms with E-state index in [1.54, 1.807) is 6.33 Å². The van der Waals surface area contributed by atoms with Crippen LogP contribution in [0.25, 0.3) is 0 Å². The first-order chi connectivity index (χ1) is 9.24. The van der Waals surface area contributed by atoms with Crippen LogP contribution < -0.4 is 0 Å². The highest BCUT2D eigenvalue weighted by Crippen LogP contribution is 2.13. The zero-order chi connectivity index (χ0) is 13.2. The molecule has 3 rings (SSSR count). The number of fused-ring (bicyclic) bond motifs is 1. The smallest absolute Gasteiger partial charge is 0.227 e. The highest BCUT2D eigenvalue weighted by Gasteiger charge is 2.21. The van der Waals surface area contributed by atoms with Crippen molar-refractivity contribution >= 4 is 5.91 Å². The third kappa shape index (κ3) is 2.36. The van der Waals surface area contributed by atoms with Crippen LogP contribution in [0.15, 0.2) is 30.6 Å². The maximum atomic E-state index is 12.3. The van der Waals surface area contributed by atoms with Crippen LogP contribution >= 0.6 is 0 Å². The van der Waals surface area contributed by atoms with Crippen LogP contribution in [0.1, 0.15) is 17.0 Å². The van der Waals surface area contributed by atoms with Gasteiger partial charge in [0.25, 0.3) is 0 Å². The average molecular weight is 256 g/mol. The molecule has 0 spiro atoms. The molecule has 0 radical (unpaired) electrons. The summed E-state index contributed by atoms with van der Waals surface area (Å²) in [6.45, 7) is 4.11. The molecule has 0 unspecified atom stereocenters. The Labute approximate surface area is 111 Å². The maximum absolute atomic E-state index is 12.3. The summed E-state index contributed by atoms with van der Waals surface area (Å²) in [7, 11) is 0. The molecule has 1 aliphatic rings. The lowest BCUT2D eigenvalue weighted by Crippen LogP contribution is -2.39. The Morgan fingerprint density at radius 2 is 2.16 bits per heavy atom. The number of rotatable bonds is 2. The molecule has 0 saturated carbocycles.